The molecule has 0 saturated carbocycles. The molecule has 2 aromatic carbocycles. The number of carbonyl (C=O) groups excluding carboxylic acids is 1. The molecule has 0 aliphatic heterocycles. The summed E-state index contributed by atoms with van der Waals surface area (Å²) in [6.07, 6.45) is 0.957. The van der Waals surface area contributed by atoms with Crippen LogP contribution in [0.4, 0.5) is 5.69 Å². The lowest BCUT2D eigenvalue weighted by Crippen LogP contribution is -2.06. The largest absolute Gasteiger partial charge is 0.469 e. The minimum atomic E-state index is -0.222. The van der Waals surface area contributed by atoms with Gasteiger partial charge in [-0.05, 0) is 36.2 Å². The van der Waals surface area contributed by atoms with Crippen molar-refractivity contribution in [1.82, 2.24) is 9.97 Å². The summed E-state index contributed by atoms with van der Waals surface area (Å²) in [6, 6.07) is 15.3. The number of ether oxygens (including phenoxy) is 1. The van der Waals surface area contributed by atoms with E-state index in [0.717, 1.165) is 28.1 Å². The Hall–Kier alpha value is -3.33. The molecule has 1 heterocycles. The molecule has 0 unspecified atom stereocenters. The van der Waals surface area contributed by atoms with Crippen molar-refractivity contribution in [3.8, 4) is 6.07 Å². The molecule has 126 valence electrons. The second kappa shape index (κ2) is 7.49. The number of carbonyl (C=O) groups is 1. The zero-order chi connectivity index (χ0) is 17.6. The predicted molar refractivity (Wildman–Crippen MR) is 94.9 cm³/mol. The number of rotatable bonds is 6. The van der Waals surface area contributed by atoms with Crippen molar-refractivity contribution in [3.05, 3.63) is 59.4 Å². The number of para-hydroxylation sites is 1. The van der Waals surface area contributed by atoms with E-state index >= 15 is 0 Å². The fraction of sp³-hybridized carbons (Fsp3) is 0.211. The molecule has 0 aliphatic carbocycles. The van der Waals surface area contributed by atoms with E-state index in [-0.39, 0.29) is 5.97 Å². The van der Waals surface area contributed by atoms with Gasteiger partial charge in [0.05, 0.1) is 36.3 Å². The van der Waals surface area contributed by atoms with Crippen LogP contribution < -0.4 is 5.32 Å². The summed E-state index contributed by atoms with van der Waals surface area (Å²) >= 11 is 0. The maximum atomic E-state index is 11.3. The van der Waals surface area contributed by atoms with Gasteiger partial charge in [0.2, 0.25) is 0 Å². The summed E-state index contributed by atoms with van der Waals surface area (Å²) in [4.78, 5) is 19.1. The number of anilines is 1. The van der Waals surface area contributed by atoms with Crippen molar-refractivity contribution in [3.63, 3.8) is 0 Å². The highest BCUT2D eigenvalue weighted by Crippen LogP contribution is 2.19. The number of H-pyrrole nitrogens is 1. The van der Waals surface area contributed by atoms with Gasteiger partial charge in [-0.1, -0.05) is 18.2 Å². The third kappa shape index (κ3) is 3.96. The Balaban J connectivity index is 1.71. The van der Waals surface area contributed by atoms with Crippen LogP contribution in [0, 0.1) is 11.3 Å². The minimum Gasteiger partial charge on any atom is -0.469 e. The number of hydrogen-bond acceptors (Lipinski definition) is 5. The van der Waals surface area contributed by atoms with Gasteiger partial charge in [-0.15, -0.1) is 0 Å². The van der Waals surface area contributed by atoms with E-state index in [4.69, 9.17) is 10.00 Å². The summed E-state index contributed by atoms with van der Waals surface area (Å²) in [5.74, 6) is 0.563. The van der Waals surface area contributed by atoms with Gasteiger partial charge >= 0.3 is 5.97 Å². The van der Waals surface area contributed by atoms with Crippen LogP contribution in [-0.4, -0.2) is 23.0 Å². The molecule has 0 spiro atoms. The Morgan fingerprint density at radius 3 is 2.96 bits per heavy atom. The average Bonchev–Trinajstić information content (AvgIpc) is 3.06. The Bertz CT molecular complexity index is 940. The highest BCUT2D eigenvalue weighted by Gasteiger charge is 2.08. The Labute approximate surface area is 145 Å². The predicted octanol–water partition coefficient (Wildman–Crippen LogP) is 3.15. The highest BCUT2D eigenvalue weighted by molar-refractivity contribution is 5.76. The first-order valence-corrected chi connectivity index (χ1v) is 7.97. The lowest BCUT2D eigenvalue weighted by Gasteiger charge is -2.10. The number of nitrogens with one attached hydrogen (secondary N) is 2. The summed E-state index contributed by atoms with van der Waals surface area (Å²) in [7, 11) is 1.39. The molecule has 1 aromatic heterocycles. The molecule has 6 nitrogen and oxygen atoms in total. The second-order valence-corrected chi connectivity index (χ2v) is 5.61. The molecule has 0 atom stereocenters. The lowest BCUT2D eigenvalue weighted by molar-refractivity contribution is -0.140. The second-order valence-electron chi connectivity index (χ2n) is 5.61. The van der Waals surface area contributed by atoms with Crippen molar-refractivity contribution in [2.24, 2.45) is 0 Å². The molecule has 2 N–H and O–H groups in total. The van der Waals surface area contributed by atoms with Gasteiger partial charge in [0.25, 0.3) is 0 Å². The summed E-state index contributed by atoms with van der Waals surface area (Å²) < 4.78 is 4.70. The first-order valence-electron chi connectivity index (χ1n) is 7.97. The zero-order valence-corrected chi connectivity index (χ0v) is 13.9. The number of aryl methyl sites for hydroxylation is 1. The van der Waals surface area contributed by atoms with E-state index < -0.39 is 0 Å². The van der Waals surface area contributed by atoms with Crippen LogP contribution >= 0.6 is 0 Å². The van der Waals surface area contributed by atoms with Gasteiger partial charge in [-0.25, -0.2) is 4.98 Å². The molecule has 0 amide bonds. The maximum absolute atomic E-state index is 11.3. The number of aromatic nitrogens is 2. The SMILES string of the molecule is COC(=O)CCc1ccccc1NCc1nc2ccc(C#N)cc2[nH]1. The average molecular weight is 334 g/mol. The van der Waals surface area contributed by atoms with Crippen molar-refractivity contribution < 1.29 is 9.53 Å². The van der Waals surface area contributed by atoms with E-state index in [1.807, 2.05) is 30.3 Å². The molecule has 0 bridgehead atoms. The molecule has 0 saturated heterocycles. The Kier molecular flexibility index (Phi) is 4.95. The normalized spacial score (nSPS) is 10.4. The smallest absolute Gasteiger partial charge is 0.305 e. The first kappa shape index (κ1) is 16.5. The quantitative estimate of drug-likeness (QED) is 0.676. The number of fused-ring (bicyclic) bond motifs is 1. The Morgan fingerprint density at radius 2 is 2.16 bits per heavy atom. The molecule has 6 heteroatoms. The fourth-order valence-corrected chi connectivity index (χ4v) is 2.64. The van der Waals surface area contributed by atoms with E-state index in [2.05, 4.69) is 21.4 Å². The van der Waals surface area contributed by atoms with Crippen LogP contribution in [0.5, 0.6) is 0 Å². The highest BCUT2D eigenvalue weighted by atomic mass is 16.5. The van der Waals surface area contributed by atoms with Gasteiger partial charge in [-0.2, -0.15) is 5.26 Å². The number of aromatic amines is 1. The van der Waals surface area contributed by atoms with Crippen molar-refractivity contribution >= 4 is 22.7 Å². The molecule has 0 fully saturated rings. The van der Waals surface area contributed by atoms with Crippen LogP contribution in [-0.2, 0) is 22.5 Å². The number of imidazole rings is 1. The van der Waals surface area contributed by atoms with E-state index in [9.17, 15) is 4.79 Å². The lowest BCUT2D eigenvalue weighted by atomic mass is 10.1. The van der Waals surface area contributed by atoms with Gasteiger partial charge in [-0.3, -0.25) is 4.79 Å². The zero-order valence-electron chi connectivity index (χ0n) is 13.9. The van der Waals surface area contributed by atoms with Crippen LogP contribution in [0.2, 0.25) is 0 Å². The third-order valence-corrected chi connectivity index (χ3v) is 3.95. The van der Waals surface area contributed by atoms with Gasteiger partial charge in [0.15, 0.2) is 0 Å². The van der Waals surface area contributed by atoms with E-state index in [0.29, 0.717) is 24.9 Å². The van der Waals surface area contributed by atoms with Gasteiger partial charge in [0, 0.05) is 12.1 Å². The minimum absolute atomic E-state index is 0.222. The monoisotopic (exact) mass is 334 g/mol. The molecular formula is C19H18N4O2. The van der Waals surface area contributed by atoms with E-state index in [1.54, 1.807) is 12.1 Å². The van der Waals surface area contributed by atoms with Crippen LogP contribution in [0.1, 0.15) is 23.4 Å². The summed E-state index contributed by atoms with van der Waals surface area (Å²) in [6.45, 7) is 0.520. The van der Waals surface area contributed by atoms with Crippen molar-refractivity contribution in [2.75, 3.05) is 12.4 Å². The number of esters is 1. The number of nitrogens with zero attached hydrogens (tertiary/aromatic N) is 2. The number of methoxy groups -OCH3 is 1. The van der Waals surface area contributed by atoms with Crippen molar-refractivity contribution in [2.45, 2.75) is 19.4 Å². The van der Waals surface area contributed by atoms with Gasteiger partial charge < -0.3 is 15.0 Å². The fourth-order valence-electron chi connectivity index (χ4n) is 2.64. The van der Waals surface area contributed by atoms with Crippen LogP contribution in [0.15, 0.2) is 42.5 Å². The number of hydrogen-bond donors (Lipinski definition) is 2. The topological polar surface area (TPSA) is 90.8 Å². The van der Waals surface area contributed by atoms with E-state index in [1.165, 1.54) is 7.11 Å². The molecule has 3 rings (SSSR count). The molecule has 0 aliphatic rings. The van der Waals surface area contributed by atoms with Crippen LogP contribution in [0.25, 0.3) is 11.0 Å². The number of benzene rings is 2. The first-order chi connectivity index (χ1) is 12.2. The van der Waals surface area contributed by atoms with Crippen molar-refractivity contribution in [1.29, 1.82) is 5.26 Å². The molecule has 25 heavy (non-hydrogen) atoms. The maximum Gasteiger partial charge on any atom is 0.305 e. The molecule has 0 radical (unpaired) electrons. The van der Waals surface area contributed by atoms with Gasteiger partial charge in [0.1, 0.15) is 5.82 Å². The third-order valence-electron chi connectivity index (χ3n) is 3.95. The molecular weight excluding hydrogens is 316 g/mol. The van der Waals surface area contributed by atoms with Crippen LogP contribution in [0.3, 0.4) is 0 Å². The standard InChI is InChI=1S/C19H18N4O2/c1-25-19(24)9-7-14-4-2-3-5-15(14)21-12-18-22-16-8-6-13(11-20)10-17(16)23-18/h2-6,8,10,21H,7,9,12H2,1H3,(H,22,23). The Morgan fingerprint density at radius 1 is 1.32 bits per heavy atom. The summed E-state index contributed by atoms with van der Waals surface area (Å²) in [5, 5.41) is 12.3. The summed E-state index contributed by atoms with van der Waals surface area (Å²) in [5.41, 5.74) is 4.29. The number of nitriles is 1. The molecule has 3 aromatic rings.